The average molecular weight is 453 g/mol. The quantitative estimate of drug-likeness (QED) is 0.613. The summed E-state index contributed by atoms with van der Waals surface area (Å²) in [4.78, 5) is 47.9. The third-order valence-corrected chi connectivity index (χ3v) is 5.61. The Balaban J connectivity index is 1.43. The number of likely N-dealkylation sites (tertiary alicyclic amines) is 1. The van der Waals surface area contributed by atoms with Crippen LogP contribution >= 0.6 is 0 Å². The van der Waals surface area contributed by atoms with Gasteiger partial charge in [-0.3, -0.25) is 14.4 Å². The number of hydrogen-bond acceptors (Lipinski definition) is 6. The standard InChI is InChI=1S/C23H27N5O5/c1-2-33-19-11-20(28(13-19)21(29)8-5-17-12-24-15-25-17)23(31)26-16-3-6-18(7-4-16)27-9-10-32-14-22(27)30/h3-8,12,15,19-20H,2,9-11,13-14H2,1H3,(H,24,25)(H,26,31)/t19-,20-/m1/s1. The minimum Gasteiger partial charge on any atom is -0.377 e. The van der Waals surface area contributed by atoms with Crippen LogP contribution < -0.4 is 10.2 Å². The van der Waals surface area contributed by atoms with E-state index in [2.05, 4.69) is 15.3 Å². The minimum absolute atomic E-state index is 0.0693. The first-order valence-electron chi connectivity index (χ1n) is 10.9. The maximum atomic E-state index is 13.1. The summed E-state index contributed by atoms with van der Waals surface area (Å²) in [5, 5.41) is 2.89. The van der Waals surface area contributed by atoms with Gasteiger partial charge in [-0.2, -0.15) is 0 Å². The van der Waals surface area contributed by atoms with Gasteiger partial charge in [0.1, 0.15) is 12.6 Å². The summed E-state index contributed by atoms with van der Waals surface area (Å²) in [6.45, 7) is 3.79. The third kappa shape index (κ3) is 5.47. The molecule has 0 spiro atoms. The van der Waals surface area contributed by atoms with Crippen molar-refractivity contribution in [2.24, 2.45) is 0 Å². The molecule has 2 N–H and O–H groups in total. The monoisotopic (exact) mass is 453 g/mol. The first-order valence-corrected chi connectivity index (χ1v) is 10.9. The molecule has 3 amide bonds. The molecule has 174 valence electrons. The number of carbonyl (C=O) groups is 3. The van der Waals surface area contributed by atoms with Crippen LogP contribution in [0.5, 0.6) is 0 Å². The normalized spacial score (nSPS) is 21.1. The molecule has 1 aromatic heterocycles. The number of carbonyl (C=O) groups excluding carboxylic acids is 3. The summed E-state index contributed by atoms with van der Waals surface area (Å²) in [6.07, 6.45) is 6.41. The summed E-state index contributed by atoms with van der Waals surface area (Å²) < 4.78 is 10.9. The summed E-state index contributed by atoms with van der Waals surface area (Å²) in [7, 11) is 0. The molecule has 0 saturated carbocycles. The van der Waals surface area contributed by atoms with E-state index >= 15 is 0 Å². The first-order chi connectivity index (χ1) is 16.0. The van der Waals surface area contributed by atoms with Gasteiger partial charge < -0.3 is 29.6 Å². The van der Waals surface area contributed by atoms with E-state index in [0.29, 0.717) is 44.1 Å². The fourth-order valence-electron chi connectivity index (χ4n) is 4.00. The number of rotatable bonds is 7. The van der Waals surface area contributed by atoms with Crippen molar-refractivity contribution in [2.75, 3.05) is 43.1 Å². The highest BCUT2D eigenvalue weighted by Gasteiger charge is 2.39. The molecule has 3 heterocycles. The van der Waals surface area contributed by atoms with E-state index in [4.69, 9.17) is 9.47 Å². The van der Waals surface area contributed by atoms with Crippen LogP contribution in [-0.2, 0) is 23.9 Å². The number of H-pyrrole nitrogens is 1. The Hall–Kier alpha value is -3.50. The van der Waals surface area contributed by atoms with Gasteiger partial charge in [0.15, 0.2) is 0 Å². The second-order valence-corrected chi connectivity index (χ2v) is 7.79. The van der Waals surface area contributed by atoms with E-state index in [9.17, 15) is 14.4 Å². The number of imidazole rings is 1. The molecule has 4 rings (SSSR count). The zero-order valence-corrected chi connectivity index (χ0v) is 18.4. The lowest BCUT2D eigenvalue weighted by atomic mass is 10.1. The van der Waals surface area contributed by atoms with Gasteiger partial charge in [-0.05, 0) is 37.3 Å². The fraction of sp³-hybridized carbons (Fsp3) is 0.391. The van der Waals surface area contributed by atoms with E-state index in [1.807, 2.05) is 6.92 Å². The van der Waals surface area contributed by atoms with Gasteiger partial charge in [0.05, 0.1) is 30.9 Å². The molecule has 2 fully saturated rings. The Morgan fingerprint density at radius 2 is 2.15 bits per heavy atom. The maximum absolute atomic E-state index is 13.1. The molecule has 0 unspecified atom stereocenters. The lowest BCUT2D eigenvalue weighted by Crippen LogP contribution is -2.42. The van der Waals surface area contributed by atoms with Crippen molar-refractivity contribution >= 4 is 35.2 Å². The van der Waals surface area contributed by atoms with Gasteiger partial charge in [-0.25, -0.2) is 4.98 Å². The highest BCUT2D eigenvalue weighted by atomic mass is 16.5. The number of aromatic amines is 1. The average Bonchev–Trinajstić information content (AvgIpc) is 3.49. The fourth-order valence-corrected chi connectivity index (χ4v) is 4.00. The minimum atomic E-state index is -0.652. The maximum Gasteiger partial charge on any atom is 0.253 e. The number of amides is 3. The van der Waals surface area contributed by atoms with Crippen molar-refractivity contribution in [1.82, 2.24) is 14.9 Å². The molecule has 0 bridgehead atoms. The Morgan fingerprint density at radius 3 is 2.85 bits per heavy atom. The van der Waals surface area contributed by atoms with Gasteiger partial charge >= 0.3 is 0 Å². The number of hydrogen-bond donors (Lipinski definition) is 2. The largest absolute Gasteiger partial charge is 0.377 e. The lowest BCUT2D eigenvalue weighted by Gasteiger charge is -2.27. The van der Waals surface area contributed by atoms with Gasteiger partial charge in [0.25, 0.3) is 5.91 Å². The Kier molecular flexibility index (Phi) is 7.16. The molecule has 10 nitrogen and oxygen atoms in total. The number of ether oxygens (including phenoxy) is 2. The Labute approximate surface area is 191 Å². The molecule has 0 aliphatic carbocycles. The number of nitrogens with one attached hydrogen (secondary N) is 2. The number of aromatic nitrogens is 2. The van der Waals surface area contributed by atoms with Crippen molar-refractivity contribution in [3.05, 3.63) is 48.6 Å². The van der Waals surface area contributed by atoms with Crippen molar-refractivity contribution in [1.29, 1.82) is 0 Å². The number of nitrogens with zero attached hydrogens (tertiary/aromatic N) is 3. The van der Waals surface area contributed by atoms with Crippen LogP contribution in [0.2, 0.25) is 0 Å². The molecule has 33 heavy (non-hydrogen) atoms. The van der Waals surface area contributed by atoms with Crippen LogP contribution in [0.25, 0.3) is 6.08 Å². The molecule has 2 aliphatic heterocycles. The molecule has 2 atom stereocenters. The SMILES string of the molecule is CCO[C@@H]1C[C@H](C(=O)Nc2ccc(N3CCOCC3=O)cc2)N(C(=O)C=Cc2cnc[nH]2)C1. The Morgan fingerprint density at radius 1 is 1.33 bits per heavy atom. The van der Waals surface area contributed by atoms with Crippen molar-refractivity contribution < 1.29 is 23.9 Å². The van der Waals surface area contributed by atoms with Gasteiger partial charge in [-0.1, -0.05) is 0 Å². The second kappa shape index (κ2) is 10.4. The molecule has 10 heteroatoms. The van der Waals surface area contributed by atoms with Crippen LogP contribution in [-0.4, -0.2) is 77.6 Å². The zero-order valence-electron chi connectivity index (χ0n) is 18.4. The lowest BCUT2D eigenvalue weighted by molar-refractivity contribution is -0.132. The van der Waals surface area contributed by atoms with E-state index in [1.165, 1.54) is 17.3 Å². The zero-order chi connectivity index (χ0) is 23.2. The predicted molar refractivity (Wildman–Crippen MR) is 121 cm³/mol. The molecule has 1 aromatic carbocycles. The molecule has 2 aromatic rings. The first kappa shape index (κ1) is 22.7. The van der Waals surface area contributed by atoms with E-state index in [1.54, 1.807) is 41.4 Å². The van der Waals surface area contributed by atoms with Gasteiger partial charge in [-0.15, -0.1) is 0 Å². The number of anilines is 2. The third-order valence-electron chi connectivity index (χ3n) is 5.61. The summed E-state index contributed by atoms with van der Waals surface area (Å²) in [5.41, 5.74) is 2.03. The highest BCUT2D eigenvalue weighted by Crippen LogP contribution is 2.24. The van der Waals surface area contributed by atoms with Crippen LogP contribution in [0, 0.1) is 0 Å². The molecular formula is C23H27N5O5. The highest BCUT2D eigenvalue weighted by molar-refractivity contribution is 6.01. The molecular weight excluding hydrogens is 426 g/mol. The molecule has 2 saturated heterocycles. The van der Waals surface area contributed by atoms with E-state index in [-0.39, 0.29) is 30.4 Å². The number of morpholine rings is 1. The van der Waals surface area contributed by atoms with Gasteiger partial charge in [0.2, 0.25) is 11.8 Å². The van der Waals surface area contributed by atoms with Crippen molar-refractivity contribution in [2.45, 2.75) is 25.5 Å². The van der Waals surface area contributed by atoms with E-state index in [0.717, 1.165) is 5.69 Å². The topological polar surface area (TPSA) is 117 Å². The Bertz CT molecular complexity index is 1000. The predicted octanol–water partition coefficient (Wildman–Crippen LogP) is 1.43. The summed E-state index contributed by atoms with van der Waals surface area (Å²) >= 11 is 0. The van der Waals surface area contributed by atoms with E-state index < -0.39 is 6.04 Å². The molecule has 0 radical (unpaired) electrons. The number of benzene rings is 1. The summed E-state index contributed by atoms with van der Waals surface area (Å²) in [6, 6.07) is 6.41. The van der Waals surface area contributed by atoms with Crippen LogP contribution in [0.3, 0.4) is 0 Å². The van der Waals surface area contributed by atoms with Crippen molar-refractivity contribution in [3.63, 3.8) is 0 Å². The van der Waals surface area contributed by atoms with Crippen LogP contribution in [0.15, 0.2) is 42.9 Å². The smallest absolute Gasteiger partial charge is 0.253 e. The van der Waals surface area contributed by atoms with Gasteiger partial charge in [0, 0.05) is 43.6 Å². The van der Waals surface area contributed by atoms with Crippen LogP contribution in [0.1, 0.15) is 19.0 Å². The molecule has 2 aliphatic rings. The van der Waals surface area contributed by atoms with Crippen molar-refractivity contribution in [3.8, 4) is 0 Å². The second-order valence-electron chi connectivity index (χ2n) is 7.79. The summed E-state index contributed by atoms with van der Waals surface area (Å²) in [5.74, 6) is -0.646. The van der Waals surface area contributed by atoms with Crippen LogP contribution in [0.4, 0.5) is 11.4 Å².